The van der Waals surface area contributed by atoms with Crippen LogP contribution >= 0.6 is 11.8 Å². The largest absolute Gasteiger partial charge is 0.396 e. The van der Waals surface area contributed by atoms with Gasteiger partial charge >= 0.3 is 0 Å². The van der Waals surface area contributed by atoms with Crippen molar-refractivity contribution in [2.75, 3.05) is 23.4 Å². The van der Waals surface area contributed by atoms with E-state index in [0.717, 1.165) is 11.4 Å². The van der Waals surface area contributed by atoms with E-state index in [0.29, 0.717) is 11.6 Å². The molecule has 0 spiro atoms. The van der Waals surface area contributed by atoms with E-state index < -0.39 is 0 Å². The van der Waals surface area contributed by atoms with Crippen molar-refractivity contribution < 1.29 is 9.90 Å². The minimum Gasteiger partial charge on any atom is -0.396 e. The molecule has 1 rings (SSSR count). The molecule has 0 bridgehead atoms. The molecule has 6 heteroatoms. The number of thioether (sulfide) groups is 1. The fourth-order valence-electron chi connectivity index (χ4n) is 1.31. The molecule has 0 aromatic carbocycles. The van der Waals surface area contributed by atoms with E-state index in [4.69, 9.17) is 5.11 Å². The van der Waals surface area contributed by atoms with Gasteiger partial charge in [-0.05, 0) is 18.6 Å². The smallest absolute Gasteiger partial charge is 0.235 e. The number of hydrogen-bond acceptors (Lipinski definition) is 4. The Kier molecular flexibility index (Phi) is 5.50. The lowest BCUT2D eigenvalue weighted by Gasteiger charge is -2.07. The van der Waals surface area contributed by atoms with Crippen LogP contribution in [0.15, 0.2) is 6.07 Å². The number of aryl methyl sites for hydroxylation is 2. The van der Waals surface area contributed by atoms with E-state index in [9.17, 15) is 4.79 Å². The Bertz CT molecular complexity index is 379. The summed E-state index contributed by atoms with van der Waals surface area (Å²) >= 11 is 1.52. The first-order valence-corrected chi connectivity index (χ1v) is 6.67. The molecule has 1 aromatic heterocycles. The molecular formula is C11H19N3O2S. The lowest BCUT2D eigenvalue weighted by molar-refractivity contribution is -0.113. The van der Waals surface area contributed by atoms with Crippen LogP contribution in [0.5, 0.6) is 0 Å². The molecule has 1 atom stereocenters. The summed E-state index contributed by atoms with van der Waals surface area (Å²) in [6.45, 7) is 4.00. The van der Waals surface area contributed by atoms with E-state index in [2.05, 4.69) is 10.4 Å². The molecule has 0 aliphatic heterocycles. The van der Waals surface area contributed by atoms with Gasteiger partial charge in [-0.2, -0.15) is 16.9 Å². The second-order valence-corrected chi connectivity index (χ2v) is 5.18. The first kappa shape index (κ1) is 14.1. The summed E-state index contributed by atoms with van der Waals surface area (Å²) in [4.78, 5) is 11.6. The number of aliphatic hydroxyl groups excluding tert-OH is 1. The van der Waals surface area contributed by atoms with Crippen molar-refractivity contribution in [3.05, 3.63) is 11.8 Å². The highest BCUT2D eigenvalue weighted by Gasteiger charge is 2.08. The Hall–Kier alpha value is -1.01. The molecule has 0 saturated carbocycles. The van der Waals surface area contributed by atoms with Crippen LogP contribution in [-0.2, 0) is 11.8 Å². The SMILES string of the molecule is Cc1cc(NC(=O)CSCC(C)CO)n(C)n1. The summed E-state index contributed by atoms with van der Waals surface area (Å²) in [5.74, 6) is 2.08. The predicted octanol–water partition coefficient (Wildman–Crippen LogP) is 1.03. The Labute approximate surface area is 106 Å². The zero-order valence-corrected chi connectivity index (χ0v) is 11.3. The Balaban J connectivity index is 2.32. The number of carbonyl (C=O) groups is 1. The van der Waals surface area contributed by atoms with Crippen molar-refractivity contribution in [3.8, 4) is 0 Å². The number of aromatic nitrogens is 2. The molecule has 1 unspecified atom stereocenters. The molecule has 17 heavy (non-hydrogen) atoms. The van der Waals surface area contributed by atoms with Crippen LogP contribution in [0.25, 0.3) is 0 Å². The van der Waals surface area contributed by atoms with Gasteiger partial charge in [-0.25, -0.2) is 0 Å². The van der Waals surface area contributed by atoms with Crippen molar-refractivity contribution in [3.63, 3.8) is 0 Å². The highest BCUT2D eigenvalue weighted by molar-refractivity contribution is 7.99. The average molecular weight is 257 g/mol. The van der Waals surface area contributed by atoms with Gasteiger partial charge in [0.05, 0.1) is 11.4 Å². The van der Waals surface area contributed by atoms with Crippen LogP contribution in [0.1, 0.15) is 12.6 Å². The fourth-order valence-corrected chi connectivity index (χ4v) is 2.20. The first-order chi connectivity index (χ1) is 8.02. The van der Waals surface area contributed by atoms with Crippen LogP contribution in [0, 0.1) is 12.8 Å². The standard InChI is InChI=1S/C11H19N3O2S/c1-8(5-15)6-17-7-11(16)12-10-4-9(2)13-14(10)3/h4,8,15H,5-7H2,1-3H3,(H,12,16). The quantitative estimate of drug-likeness (QED) is 0.798. The second kappa shape index (κ2) is 6.66. The van der Waals surface area contributed by atoms with Crippen molar-refractivity contribution in [2.45, 2.75) is 13.8 Å². The summed E-state index contributed by atoms with van der Waals surface area (Å²) in [6.07, 6.45) is 0. The molecule has 0 aliphatic carbocycles. The lowest BCUT2D eigenvalue weighted by Crippen LogP contribution is -2.17. The van der Waals surface area contributed by atoms with E-state index >= 15 is 0 Å². The van der Waals surface area contributed by atoms with Crippen LogP contribution in [0.4, 0.5) is 5.82 Å². The molecule has 5 nitrogen and oxygen atoms in total. The van der Waals surface area contributed by atoms with E-state index in [1.807, 2.05) is 19.9 Å². The first-order valence-electron chi connectivity index (χ1n) is 5.52. The van der Waals surface area contributed by atoms with Gasteiger partial charge in [0.1, 0.15) is 5.82 Å². The molecule has 0 saturated heterocycles. The summed E-state index contributed by atoms with van der Waals surface area (Å²) < 4.78 is 1.65. The summed E-state index contributed by atoms with van der Waals surface area (Å²) in [5, 5.41) is 15.8. The highest BCUT2D eigenvalue weighted by atomic mass is 32.2. The van der Waals surface area contributed by atoms with Crippen LogP contribution in [-0.4, -0.2) is 38.9 Å². The number of amides is 1. The van der Waals surface area contributed by atoms with Gasteiger partial charge in [0.15, 0.2) is 0 Å². The van der Waals surface area contributed by atoms with Crippen molar-refractivity contribution in [2.24, 2.45) is 13.0 Å². The second-order valence-electron chi connectivity index (χ2n) is 4.15. The zero-order chi connectivity index (χ0) is 12.8. The maximum absolute atomic E-state index is 11.6. The van der Waals surface area contributed by atoms with Gasteiger partial charge in [0, 0.05) is 19.7 Å². The van der Waals surface area contributed by atoms with Crippen LogP contribution in [0.2, 0.25) is 0 Å². The van der Waals surface area contributed by atoms with Crippen molar-refractivity contribution in [1.29, 1.82) is 0 Å². The molecule has 0 fully saturated rings. The van der Waals surface area contributed by atoms with Gasteiger partial charge in [-0.15, -0.1) is 0 Å². The minimum absolute atomic E-state index is 0.0388. The Morgan fingerprint density at radius 3 is 2.94 bits per heavy atom. The minimum atomic E-state index is -0.0388. The number of nitrogens with one attached hydrogen (secondary N) is 1. The Morgan fingerprint density at radius 2 is 2.41 bits per heavy atom. The fraction of sp³-hybridized carbons (Fsp3) is 0.636. The number of hydrogen-bond donors (Lipinski definition) is 2. The summed E-state index contributed by atoms with van der Waals surface area (Å²) in [6, 6.07) is 1.83. The van der Waals surface area contributed by atoms with Crippen molar-refractivity contribution >= 4 is 23.5 Å². The van der Waals surface area contributed by atoms with Gasteiger partial charge in [-0.3, -0.25) is 9.48 Å². The highest BCUT2D eigenvalue weighted by Crippen LogP contribution is 2.11. The number of anilines is 1. The maximum Gasteiger partial charge on any atom is 0.235 e. The van der Waals surface area contributed by atoms with Gasteiger partial charge < -0.3 is 10.4 Å². The predicted molar refractivity (Wildman–Crippen MR) is 70.1 cm³/mol. The third-order valence-corrected chi connectivity index (χ3v) is 3.49. The van der Waals surface area contributed by atoms with Crippen LogP contribution < -0.4 is 5.32 Å². The third-order valence-electron chi connectivity index (χ3n) is 2.22. The summed E-state index contributed by atoms with van der Waals surface area (Å²) in [7, 11) is 1.80. The van der Waals surface area contributed by atoms with Gasteiger partial charge in [0.2, 0.25) is 5.91 Å². The van der Waals surface area contributed by atoms with Crippen molar-refractivity contribution in [1.82, 2.24) is 9.78 Å². The normalized spacial score (nSPS) is 12.5. The lowest BCUT2D eigenvalue weighted by atomic mass is 10.2. The van der Waals surface area contributed by atoms with E-state index in [1.54, 1.807) is 11.7 Å². The molecule has 1 heterocycles. The maximum atomic E-state index is 11.6. The van der Waals surface area contributed by atoms with E-state index in [-0.39, 0.29) is 18.4 Å². The average Bonchev–Trinajstić information content (AvgIpc) is 2.57. The Morgan fingerprint density at radius 1 is 1.71 bits per heavy atom. The number of rotatable bonds is 6. The van der Waals surface area contributed by atoms with E-state index in [1.165, 1.54) is 11.8 Å². The monoisotopic (exact) mass is 257 g/mol. The topological polar surface area (TPSA) is 67.2 Å². The molecule has 0 aliphatic rings. The summed E-state index contributed by atoms with van der Waals surface area (Å²) in [5.41, 5.74) is 0.879. The van der Waals surface area contributed by atoms with Gasteiger partial charge in [0.25, 0.3) is 0 Å². The van der Waals surface area contributed by atoms with Gasteiger partial charge in [-0.1, -0.05) is 6.92 Å². The van der Waals surface area contributed by atoms with Crippen LogP contribution in [0.3, 0.4) is 0 Å². The number of nitrogens with zero attached hydrogens (tertiary/aromatic N) is 2. The molecule has 1 aromatic rings. The third kappa shape index (κ3) is 4.79. The number of aliphatic hydroxyl groups is 1. The molecule has 2 N–H and O–H groups in total. The number of carbonyl (C=O) groups excluding carboxylic acids is 1. The molecule has 96 valence electrons. The molecule has 1 amide bonds. The molecular weight excluding hydrogens is 238 g/mol. The zero-order valence-electron chi connectivity index (χ0n) is 10.4. The molecule has 0 radical (unpaired) electrons.